The van der Waals surface area contributed by atoms with Gasteiger partial charge in [0.05, 0.1) is 10.5 Å². The highest BCUT2D eigenvalue weighted by molar-refractivity contribution is 9.10. The van der Waals surface area contributed by atoms with Crippen molar-refractivity contribution in [2.24, 2.45) is 5.84 Å². The molecule has 21 heavy (non-hydrogen) atoms. The highest BCUT2D eigenvalue weighted by Gasteiger charge is 2.26. The van der Waals surface area contributed by atoms with Crippen molar-refractivity contribution in [1.29, 1.82) is 0 Å². The third-order valence-corrected chi connectivity index (χ3v) is 4.92. The Morgan fingerprint density at radius 3 is 2.48 bits per heavy atom. The van der Waals surface area contributed by atoms with E-state index in [0.29, 0.717) is 16.0 Å². The highest BCUT2D eigenvalue weighted by atomic mass is 79.9. The van der Waals surface area contributed by atoms with Crippen LogP contribution in [0.15, 0.2) is 46.9 Å². The highest BCUT2D eigenvalue weighted by Crippen LogP contribution is 2.41. The lowest BCUT2D eigenvalue weighted by Gasteiger charge is -2.30. The molecule has 1 unspecified atom stereocenters. The van der Waals surface area contributed by atoms with E-state index in [9.17, 15) is 4.39 Å². The number of hydrazine groups is 1. The summed E-state index contributed by atoms with van der Waals surface area (Å²) in [4.78, 5) is 0. The van der Waals surface area contributed by atoms with Crippen LogP contribution in [0.1, 0.15) is 47.9 Å². The second-order valence-electron chi connectivity index (χ2n) is 5.50. The number of hydrogen-bond donors (Lipinski definition) is 2. The van der Waals surface area contributed by atoms with Gasteiger partial charge in [-0.25, -0.2) is 9.82 Å². The van der Waals surface area contributed by atoms with Crippen LogP contribution in [0, 0.1) is 5.82 Å². The molecule has 0 radical (unpaired) electrons. The SMILES string of the molecule is NNC(c1ccccc1C1CCC1)c1cccc(Br)c1F. The van der Waals surface area contributed by atoms with E-state index in [1.165, 1.54) is 24.8 Å². The molecule has 110 valence electrons. The topological polar surface area (TPSA) is 38.0 Å². The van der Waals surface area contributed by atoms with Gasteiger partial charge in [-0.05, 0) is 51.9 Å². The summed E-state index contributed by atoms with van der Waals surface area (Å²) in [6.07, 6.45) is 3.68. The molecule has 0 spiro atoms. The van der Waals surface area contributed by atoms with Gasteiger partial charge < -0.3 is 0 Å². The van der Waals surface area contributed by atoms with E-state index in [4.69, 9.17) is 5.84 Å². The Hall–Kier alpha value is -1.23. The van der Waals surface area contributed by atoms with Crippen molar-refractivity contribution in [2.45, 2.75) is 31.2 Å². The fourth-order valence-corrected chi connectivity index (χ4v) is 3.34. The van der Waals surface area contributed by atoms with Crippen molar-refractivity contribution in [2.75, 3.05) is 0 Å². The number of nitrogens with two attached hydrogens (primary N) is 1. The Bertz CT molecular complexity index is 640. The van der Waals surface area contributed by atoms with E-state index in [-0.39, 0.29) is 11.9 Å². The molecule has 0 heterocycles. The van der Waals surface area contributed by atoms with Crippen LogP contribution in [0.25, 0.3) is 0 Å². The van der Waals surface area contributed by atoms with E-state index in [1.807, 2.05) is 24.3 Å². The van der Waals surface area contributed by atoms with Gasteiger partial charge in [-0.3, -0.25) is 5.84 Å². The number of rotatable bonds is 4. The largest absolute Gasteiger partial charge is 0.271 e. The predicted molar refractivity (Wildman–Crippen MR) is 86.3 cm³/mol. The van der Waals surface area contributed by atoms with Crippen molar-refractivity contribution >= 4 is 15.9 Å². The van der Waals surface area contributed by atoms with Crippen LogP contribution < -0.4 is 11.3 Å². The number of nitrogens with one attached hydrogen (secondary N) is 1. The summed E-state index contributed by atoms with van der Waals surface area (Å²) in [6.45, 7) is 0. The first-order valence-electron chi connectivity index (χ1n) is 7.21. The third-order valence-electron chi connectivity index (χ3n) is 4.31. The zero-order valence-corrected chi connectivity index (χ0v) is 13.2. The van der Waals surface area contributed by atoms with Crippen molar-refractivity contribution in [3.63, 3.8) is 0 Å². The molecule has 0 aromatic heterocycles. The van der Waals surface area contributed by atoms with Crippen LogP contribution >= 0.6 is 15.9 Å². The first kappa shape index (κ1) is 14.7. The van der Waals surface area contributed by atoms with Crippen LogP contribution in [-0.4, -0.2) is 0 Å². The molecule has 0 aliphatic heterocycles. The molecular formula is C17H18BrFN2. The quantitative estimate of drug-likeness (QED) is 0.634. The van der Waals surface area contributed by atoms with E-state index in [0.717, 1.165) is 5.56 Å². The molecule has 0 saturated heterocycles. The van der Waals surface area contributed by atoms with Gasteiger partial charge in [0, 0.05) is 5.56 Å². The number of halogens is 2. The number of hydrogen-bond acceptors (Lipinski definition) is 2. The fraction of sp³-hybridized carbons (Fsp3) is 0.294. The van der Waals surface area contributed by atoms with Gasteiger partial charge in [0.15, 0.2) is 0 Å². The van der Waals surface area contributed by atoms with Crippen LogP contribution in [0.2, 0.25) is 0 Å². The predicted octanol–water partition coefficient (Wildman–Crippen LogP) is 4.41. The first-order chi connectivity index (χ1) is 10.2. The molecule has 1 aliphatic carbocycles. The lowest BCUT2D eigenvalue weighted by molar-refractivity contribution is 0.413. The minimum Gasteiger partial charge on any atom is -0.271 e. The Morgan fingerprint density at radius 1 is 1.10 bits per heavy atom. The molecule has 3 rings (SSSR count). The summed E-state index contributed by atoms with van der Waals surface area (Å²) >= 11 is 3.24. The molecule has 0 amide bonds. The van der Waals surface area contributed by atoms with Crippen molar-refractivity contribution in [1.82, 2.24) is 5.43 Å². The number of benzene rings is 2. The average molecular weight is 349 g/mol. The summed E-state index contributed by atoms with van der Waals surface area (Å²) in [5.74, 6) is 6.07. The normalized spacial score (nSPS) is 16.5. The van der Waals surface area contributed by atoms with Crippen LogP contribution in [-0.2, 0) is 0 Å². The Balaban J connectivity index is 2.06. The van der Waals surface area contributed by atoms with Gasteiger partial charge in [0.2, 0.25) is 0 Å². The molecule has 4 heteroatoms. The molecule has 2 nitrogen and oxygen atoms in total. The first-order valence-corrected chi connectivity index (χ1v) is 8.00. The second-order valence-corrected chi connectivity index (χ2v) is 6.35. The monoisotopic (exact) mass is 348 g/mol. The van der Waals surface area contributed by atoms with Crippen molar-refractivity contribution < 1.29 is 4.39 Å². The summed E-state index contributed by atoms with van der Waals surface area (Å²) in [5, 5.41) is 0. The molecular weight excluding hydrogens is 331 g/mol. The van der Waals surface area contributed by atoms with Gasteiger partial charge in [0.1, 0.15) is 5.82 Å². The van der Waals surface area contributed by atoms with Gasteiger partial charge >= 0.3 is 0 Å². The minimum absolute atomic E-state index is 0.260. The van der Waals surface area contributed by atoms with Gasteiger partial charge in [-0.2, -0.15) is 0 Å². The summed E-state index contributed by atoms with van der Waals surface area (Å²) in [6, 6.07) is 13.2. The minimum atomic E-state index is -0.334. The van der Waals surface area contributed by atoms with Crippen molar-refractivity contribution in [3.8, 4) is 0 Å². The van der Waals surface area contributed by atoms with E-state index >= 15 is 0 Å². The molecule has 1 aliphatic rings. The molecule has 1 fully saturated rings. The molecule has 2 aromatic rings. The molecule has 1 atom stereocenters. The second kappa shape index (κ2) is 6.26. The Kier molecular flexibility index (Phi) is 4.38. The lowest BCUT2D eigenvalue weighted by atomic mass is 9.76. The Labute approximate surface area is 132 Å². The third kappa shape index (κ3) is 2.76. The molecule has 2 aromatic carbocycles. The van der Waals surface area contributed by atoms with Crippen LogP contribution in [0.3, 0.4) is 0 Å². The van der Waals surface area contributed by atoms with E-state index in [1.54, 1.807) is 12.1 Å². The smallest absolute Gasteiger partial charge is 0.142 e. The standard InChI is InChI=1S/C17H18BrFN2/c18-15-10-4-9-14(16(15)19)17(21-20)13-8-2-1-7-12(13)11-5-3-6-11/h1-2,4,7-11,17,21H,3,5-6,20H2. The zero-order chi connectivity index (χ0) is 14.8. The zero-order valence-electron chi connectivity index (χ0n) is 11.7. The van der Waals surface area contributed by atoms with Crippen molar-refractivity contribution in [3.05, 3.63) is 69.4 Å². The van der Waals surface area contributed by atoms with E-state index < -0.39 is 0 Å². The summed E-state index contributed by atoms with van der Waals surface area (Å²) in [7, 11) is 0. The van der Waals surface area contributed by atoms with E-state index in [2.05, 4.69) is 27.4 Å². The Morgan fingerprint density at radius 2 is 1.81 bits per heavy atom. The van der Waals surface area contributed by atoms with Gasteiger partial charge in [-0.1, -0.05) is 42.8 Å². The van der Waals surface area contributed by atoms with Gasteiger partial charge in [-0.15, -0.1) is 0 Å². The van der Waals surface area contributed by atoms with Crippen LogP contribution in [0.5, 0.6) is 0 Å². The van der Waals surface area contributed by atoms with Gasteiger partial charge in [0.25, 0.3) is 0 Å². The lowest BCUT2D eigenvalue weighted by Crippen LogP contribution is -2.31. The van der Waals surface area contributed by atoms with Crippen LogP contribution in [0.4, 0.5) is 4.39 Å². The molecule has 1 saturated carbocycles. The molecule has 0 bridgehead atoms. The fourth-order valence-electron chi connectivity index (χ4n) is 2.96. The summed E-state index contributed by atoms with van der Waals surface area (Å²) in [5.41, 5.74) is 5.71. The maximum atomic E-state index is 14.4. The molecule has 3 N–H and O–H groups in total. The average Bonchev–Trinajstić information content (AvgIpc) is 2.44. The maximum absolute atomic E-state index is 14.4. The maximum Gasteiger partial charge on any atom is 0.142 e. The summed E-state index contributed by atoms with van der Waals surface area (Å²) < 4.78 is 14.9.